The van der Waals surface area contributed by atoms with Crippen molar-refractivity contribution < 1.29 is 4.74 Å². The molecule has 1 aromatic rings. The quantitative estimate of drug-likeness (QED) is 0.834. The molecule has 1 aromatic carbocycles. The van der Waals surface area contributed by atoms with Crippen LogP contribution >= 0.6 is 0 Å². The average molecular weight is 261 g/mol. The fourth-order valence-corrected chi connectivity index (χ4v) is 3.27. The molecule has 1 aliphatic rings. The first kappa shape index (κ1) is 14.5. The minimum absolute atomic E-state index is 0.0377. The first-order valence-electron chi connectivity index (χ1n) is 7.58. The van der Waals surface area contributed by atoms with Crippen molar-refractivity contribution >= 4 is 0 Å². The van der Waals surface area contributed by atoms with Crippen molar-refractivity contribution in [1.82, 2.24) is 0 Å². The van der Waals surface area contributed by atoms with Crippen LogP contribution in [0.3, 0.4) is 0 Å². The van der Waals surface area contributed by atoms with Crippen molar-refractivity contribution in [3.8, 4) is 0 Å². The standard InChI is InChI=1S/C17H27NO/c1-4-17(5-2,19-3)16(18)15-12-7-6-11-14(15)13-9-8-10-13/h6-7,11-13,16H,4-5,8-10,18H2,1-3H3. The summed E-state index contributed by atoms with van der Waals surface area (Å²) in [5, 5.41) is 0. The zero-order valence-corrected chi connectivity index (χ0v) is 12.5. The highest BCUT2D eigenvalue weighted by atomic mass is 16.5. The second kappa shape index (κ2) is 6.06. The minimum Gasteiger partial charge on any atom is -0.376 e. The van der Waals surface area contributed by atoms with E-state index in [4.69, 9.17) is 10.5 Å². The molecule has 2 nitrogen and oxygen atoms in total. The molecule has 1 saturated carbocycles. The second-order valence-corrected chi connectivity index (χ2v) is 5.71. The van der Waals surface area contributed by atoms with E-state index in [1.54, 1.807) is 7.11 Å². The van der Waals surface area contributed by atoms with Gasteiger partial charge in [0, 0.05) is 7.11 Å². The highest BCUT2D eigenvalue weighted by molar-refractivity contribution is 5.35. The van der Waals surface area contributed by atoms with Gasteiger partial charge in [0.1, 0.15) is 0 Å². The van der Waals surface area contributed by atoms with E-state index < -0.39 is 0 Å². The Morgan fingerprint density at radius 3 is 2.37 bits per heavy atom. The summed E-state index contributed by atoms with van der Waals surface area (Å²) in [7, 11) is 1.79. The monoisotopic (exact) mass is 261 g/mol. The van der Waals surface area contributed by atoms with E-state index in [9.17, 15) is 0 Å². The van der Waals surface area contributed by atoms with Gasteiger partial charge in [-0.1, -0.05) is 44.5 Å². The lowest BCUT2D eigenvalue weighted by molar-refractivity contribution is -0.0388. The molecule has 1 fully saturated rings. The van der Waals surface area contributed by atoms with Gasteiger partial charge in [0.05, 0.1) is 11.6 Å². The number of hydrogen-bond donors (Lipinski definition) is 1. The van der Waals surface area contributed by atoms with Gasteiger partial charge in [0.15, 0.2) is 0 Å². The molecule has 1 atom stereocenters. The fourth-order valence-electron chi connectivity index (χ4n) is 3.27. The molecule has 0 saturated heterocycles. The van der Waals surface area contributed by atoms with Crippen LogP contribution in [0, 0.1) is 0 Å². The summed E-state index contributed by atoms with van der Waals surface area (Å²) in [5.41, 5.74) is 9.10. The van der Waals surface area contributed by atoms with Crippen LogP contribution in [-0.4, -0.2) is 12.7 Å². The zero-order chi connectivity index (χ0) is 13.9. The fraction of sp³-hybridized carbons (Fsp3) is 0.647. The third-order valence-electron chi connectivity index (χ3n) is 5.05. The van der Waals surface area contributed by atoms with Crippen molar-refractivity contribution in [2.45, 2.75) is 63.5 Å². The first-order valence-corrected chi connectivity index (χ1v) is 7.58. The second-order valence-electron chi connectivity index (χ2n) is 5.71. The summed E-state index contributed by atoms with van der Waals surface area (Å²) in [6, 6.07) is 8.64. The maximum absolute atomic E-state index is 6.60. The Labute approximate surface area is 117 Å². The molecular weight excluding hydrogens is 234 g/mol. The van der Waals surface area contributed by atoms with Crippen LogP contribution in [0.25, 0.3) is 0 Å². The lowest BCUT2D eigenvalue weighted by atomic mass is 9.74. The van der Waals surface area contributed by atoms with Crippen molar-refractivity contribution in [1.29, 1.82) is 0 Å². The summed E-state index contributed by atoms with van der Waals surface area (Å²) in [6.07, 6.45) is 5.86. The molecular formula is C17H27NO. The molecule has 0 aliphatic heterocycles. The van der Waals surface area contributed by atoms with Gasteiger partial charge in [-0.05, 0) is 42.7 Å². The van der Waals surface area contributed by atoms with E-state index in [1.165, 1.54) is 30.4 Å². The molecule has 0 spiro atoms. The number of rotatable bonds is 6. The molecule has 2 heteroatoms. The molecule has 0 bridgehead atoms. The van der Waals surface area contributed by atoms with Crippen LogP contribution in [-0.2, 0) is 4.74 Å². The largest absolute Gasteiger partial charge is 0.376 e. The minimum atomic E-state index is -0.236. The van der Waals surface area contributed by atoms with Gasteiger partial charge < -0.3 is 10.5 Å². The van der Waals surface area contributed by atoms with Gasteiger partial charge in [0.2, 0.25) is 0 Å². The number of nitrogens with two attached hydrogens (primary N) is 1. The molecule has 0 heterocycles. The van der Waals surface area contributed by atoms with Crippen LogP contribution in [0.2, 0.25) is 0 Å². The Balaban J connectivity index is 2.34. The van der Waals surface area contributed by atoms with Gasteiger partial charge >= 0.3 is 0 Å². The summed E-state index contributed by atoms with van der Waals surface area (Å²) in [4.78, 5) is 0. The van der Waals surface area contributed by atoms with Crippen molar-refractivity contribution in [3.05, 3.63) is 35.4 Å². The zero-order valence-electron chi connectivity index (χ0n) is 12.5. The predicted octanol–water partition coefficient (Wildman–Crippen LogP) is 4.16. The molecule has 19 heavy (non-hydrogen) atoms. The van der Waals surface area contributed by atoms with Crippen molar-refractivity contribution in [2.75, 3.05) is 7.11 Å². The molecule has 106 valence electrons. The summed E-state index contributed by atoms with van der Waals surface area (Å²) >= 11 is 0. The van der Waals surface area contributed by atoms with Gasteiger partial charge in [0.25, 0.3) is 0 Å². The maximum atomic E-state index is 6.60. The van der Waals surface area contributed by atoms with Gasteiger partial charge in [-0.3, -0.25) is 0 Å². The van der Waals surface area contributed by atoms with Gasteiger partial charge in [-0.2, -0.15) is 0 Å². The van der Waals surface area contributed by atoms with E-state index in [1.807, 2.05) is 0 Å². The Hall–Kier alpha value is -0.860. The topological polar surface area (TPSA) is 35.2 Å². The lowest BCUT2D eigenvalue weighted by Crippen LogP contribution is -2.42. The van der Waals surface area contributed by atoms with Crippen LogP contribution < -0.4 is 5.73 Å². The SMILES string of the molecule is CCC(CC)(OC)C(N)c1ccccc1C1CCC1. The molecule has 2 N–H and O–H groups in total. The van der Waals surface area contributed by atoms with E-state index >= 15 is 0 Å². The molecule has 0 aromatic heterocycles. The molecule has 0 radical (unpaired) electrons. The van der Waals surface area contributed by atoms with Crippen LogP contribution in [0.1, 0.15) is 69.0 Å². The lowest BCUT2D eigenvalue weighted by Gasteiger charge is -2.39. The number of hydrogen-bond acceptors (Lipinski definition) is 2. The third-order valence-corrected chi connectivity index (χ3v) is 5.05. The van der Waals surface area contributed by atoms with Crippen molar-refractivity contribution in [3.63, 3.8) is 0 Å². The van der Waals surface area contributed by atoms with Crippen molar-refractivity contribution in [2.24, 2.45) is 5.73 Å². The Morgan fingerprint density at radius 2 is 1.89 bits per heavy atom. The summed E-state index contributed by atoms with van der Waals surface area (Å²) in [6.45, 7) is 4.33. The third kappa shape index (κ3) is 2.56. The van der Waals surface area contributed by atoms with Crippen LogP contribution in [0.5, 0.6) is 0 Å². The number of methoxy groups -OCH3 is 1. The summed E-state index contributed by atoms with van der Waals surface area (Å²) < 4.78 is 5.81. The van der Waals surface area contributed by atoms with Gasteiger partial charge in [-0.15, -0.1) is 0 Å². The molecule has 1 unspecified atom stereocenters. The average Bonchev–Trinajstić information content (AvgIpc) is 2.40. The predicted molar refractivity (Wildman–Crippen MR) is 80.3 cm³/mol. The Kier molecular flexibility index (Phi) is 4.64. The molecule has 2 rings (SSSR count). The van der Waals surface area contributed by atoms with Gasteiger partial charge in [-0.25, -0.2) is 0 Å². The van der Waals surface area contributed by atoms with E-state index in [-0.39, 0.29) is 11.6 Å². The highest BCUT2D eigenvalue weighted by Gasteiger charge is 2.36. The van der Waals surface area contributed by atoms with E-state index in [0.29, 0.717) is 5.92 Å². The number of benzene rings is 1. The number of ether oxygens (including phenoxy) is 1. The van der Waals surface area contributed by atoms with E-state index in [0.717, 1.165) is 12.8 Å². The normalized spacial score (nSPS) is 18.1. The Bertz CT molecular complexity index is 399. The first-order chi connectivity index (χ1) is 9.18. The van der Waals surface area contributed by atoms with Crippen LogP contribution in [0.4, 0.5) is 0 Å². The maximum Gasteiger partial charge on any atom is 0.0865 e. The highest BCUT2D eigenvalue weighted by Crippen LogP contribution is 2.42. The Morgan fingerprint density at radius 1 is 1.26 bits per heavy atom. The molecule has 0 amide bonds. The van der Waals surface area contributed by atoms with E-state index in [2.05, 4.69) is 38.1 Å². The summed E-state index contributed by atoms with van der Waals surface area (Å²) in [5.74, 6) is 0.713. The smallest absolute Gasteiger partial charge is 0.0865 e. The van der Waals surface area contributed by atoms with Crippen LogP contribution in [0.15, 0.2) is 24.3 Å². The molecule has 1 aliphatic carbocycles.